The molecule has 1 atom stereocenters. The van der Waals surface area contributed by atoms with Crippen molar-refractivity contribution in [2.75, 3.05) is 12.8 Å². The molecule has 2 aliphatic heterocycles. The summed E-state index contributed by atoms with van der Waals surface area (Å²) >= 11 is 8.00. The van der Waals surface area contributed by atoms with Gasteiger partial charge in [0.15, 0.2) is 5.17 Å². The third-order valence-electron chi connectivity index (χ3n) is 3.28. The monoisotopic (exact) mass is 270 g/mol. The number of hydrazine groups is 1. The number of aliphatic imine (C=N–C) groups is 2. The van der Waals surface area contributed by atoms with Crippen LogP contribution in [0.1, 0.15) is 25.7 Å². The summed E-state index contributed by atoms with van der Waals surface area (Å²) < 4.78 is 0. The number of nitrogens with one attached hydrogen (secondary N) is 1. The van der Waals surface area contributed by atoms with Crippen molar-refractivity contribution in [3.63, 3.8) is 0 Å². The molecule has 0 amide bonds. The van der Waals surface area contributed by atoms with E-state index in [9.17, 15) is 0 Å². The molecule has 0 fully saturated rings. The minimum Gasteiger partial charge on any atom is -0.273 e. The molecule has 0 spiro atoms. The molecule has 1 unspecified atom stereocenters. The van der Waals surface area contributed by atoms with Crippen molar-refractivity contribution in [2.24, 2.45) is 9.98 Å². The maximum absolute atomic E-state index is 6.40. The summed E-state index contributed by atoms with van der Waals surface area (Å²) in [5, 5.41) is 2.99. The van der Waals surface area contributed by atoms with Gasteiger partial charge < -0.3 is 0 Å². The fraction of sp³-hybridized carbons (Fsp3) is 0.636. The first kappa shape index (κ1) is 11.4. The first-order valence-electron chi connectivity index (χ1n) is 5.89. The lowest BCUT2D eigenvalue weighted by molar-refractivity contribution is 0.406. The van der Waals surface area contributed by atoms with Crippen molar-refractivity contribution in [3.8, 4) is 0 Å². The Morgan fingerprint density at radius 2 is 2.29 bits per heavy atom. The summed E-state index contributed by atoms with van der Waals surface area (Å²) in [6.45, 7) is 0.866. The van der Waals surface area contributed by atoms with Gasteiger partial charge in [0.05, 0.1) is 17.6 Å². The normalized spacial score (nSPS) is 27.9. The minimum absolute atomic E-state index is 0.0654. The SMILES string of the molecule is CSC1=NC2=NC3=C(CCCCC3Cl)CN2N1. The molecule has 0 aromatic carbocycles. The third-order valence-corrected chi connectivity index (χ3v) is 4.28. The molecule has 6 heteroatoms. The van der Waals surface area contributed by atoms with Crippen LogP contribution in [-0.2, 0) is 0 Å². The highest BCUT2D eigenvalue weighted by molar-refractivity contribution is 8.13. The van der Waals surface area contributed by atoms with Crippen LogP contribution in [-0.4, -0.2) is 34.3 Å². The van der Waals surface area contributed by atoms with E-state index in [-0.39, 0.29) is 5.38 Å². The second-order valence-electron chi connectivity index (χ2n) is 4.43. The topological polar surface area (TPSA) is 40.0 Å². The van der Waals surface area contributed by atoms with Crippen LogP contribution in [0.5, 0.6) is 0 Å². The maximum atomic E-state index is 6.40. The number of alkyl halides is 1. The van der Waals surface area contributed by atoms with Crippen LogP contribution in [0.2, 0.25) is 0 Å². The lowest BCUT2D eigenvalue weighted by atomic mass is 10.1. The van der Waals surface area contributed by atoms with Gasteiger partial charge in [-0.05, 0) is 31.1 Å². The number of hydrogen-bond donors (Lipinski definition) is 1. The average molecular weight is 271 g/mol. The van der Waals surface area contributed by atoms with Crippen molar-refractivity contribution >= 4 is 34.5 Å². The van der Waals surface area contributed by atoms with E-state index in [4.69, 9.17) is 11.6 Å². The Morgan fingerprint density at radius 3 is 3.12 bits per heavy atom. The van der Waals surface area contributed by atoms with E-state index in [0.29, 0.717) is 0 Å². The number of rotatable bonds is 0. The number of fused-ring (bicyclic) bond motifs is 1. The molecule has 92 valence electrons. The van der Waals surface area contributed by atoms with Gasteiger partial charge in [0, 0.05) is 0 Å². The van der Waals surface area contributed by atoms with E-state index < -0.39 is 0 Å². The molecule has 4 nitrogen and oxygen atoms in total. The first-order chi connectivity index (χ1) is 8.28. The number of amidine groups is 1. The average Bonchev–Trinajstić information content (AvgIpc) is 2.66. The van der Waals surface area contributed by atoms with Crippen LogP contribution in [0.15, 0.2) is 21.3 Å². The van der Waals surface area contributed by atoms with Crippen LogP contribution in [0.3, 0.4) is 0 Å². The van der Waals surface area contributed by atoms with Crippen molar-refractivity contribution < 1.29 is 0 Å². The van der Waals surface area contributed by atoms with Crippen molar-refractivity contribution in [3.05, 3.63) is 11.3 Å². The summed E-state index contributed by atoms with van der Waals surface area (Å²) in [6, 6.07) is 0. The van der Waals surface area contributed by atoms with Gasteiger partial charge in [-0.2, -0.15) is 4.99 Å². The molecule has 1 aliphatic carbocycles. The largest absolute Gasteiger partial charge is 0.273 e. The van der Waals surface area contributed by atoms with Crippen LogP contribution < -0.4 is 5.43 Å². The predicted octanol–water partition coefficient (Wildman–Crippen LogP) is 2.33. The zero-order chi connectivity index (χ0) is 11.8. The summed E-state index contributed by atoms with van der Waals surface area (Å²) in [7, 11) is 0. The highest BCUT2D eigenvalue weighted by Gasteiger charge is 2.30. The fourth-order valence-corrected chi connectivity index (χ4v) is 3.12. The third kappa shape index (κ3) is 2.06. The molecule has 1 N–H and O–H groups in total. The predicted molar refractivity (Wildman–Crippen MR) is 73.4 cm³/mol. The molecule has 0 bridgehead atoms. The minimum atomic E-state index is 0.0654. The summed E-state index contributed by atoms with van der Waals surface area (Å²) in [5.41, 5.74) is 5.69. The summed E-state index contributed by atoms with van der Waals surface area (Å²) in [6.07, 6.45) is 6.56. The van der Waals surface area contributed by atoms with E-state index in [1.54, 1.807) is 11.8 Å². The van der Waals surface area contributed by atoms with Crippen molar-refractivity contribution in [2.45, 2.75) is 31.1 Å². The van der Waals surface area contributed by atoms with Gasteiger partial charge in [-0.1, -0.05) is 18.2 Å². The van der Waals surface area contributed by atoms with E-state index >= 15 is 0 Å². The quantitative estimate of drug-likeness (QED) is 0.687. The Bertz CT molecular complexity index is 429. The second kappa shape index (κ2) is 4.53. The lowest BCUT2D eigenvalue weighted by Gasteiger charge is -2.26. The number of guanidine groups is 1. The van der Waals surface area contributed by atoms with Crippen LogP contribution >= 0.6 is 23.4 Å². The Hall–Kier alpha value is -0.680. The van der Waals surface area contributed by atoms with Gasteiger partial charge in [-0.3, -0.25) is 5.43 Å². The number of halogens is 1. The molecule has 3 aliphatic rings. The molecular formula is C11H15ClN4S. The van der Waals surface area contributed by atoms with Crippen molar-refractivity contribution in [1.82, 2.24) is 10.4 Å². The van der Waals surface area contributed by atoms with Gasteiger partial charge in [-0.15, -0.1) is 11.6 Å². The van der Waals surface area contributed by atoms with E-state index in [0.717, 1.165) is 36.2 Å². The lowest BCUT2D eigenvalue weighted by Crippen LogP contribution is -2.41. The number of allylic oxidation sites excluding steroid dienone is 1. The van der Waals surface area contributed by atoms with Gasteiger partial charge in [0.2, 0.25) is 5.96 Å². The standard InChI is InChI=1S/C11H15ClN4S/c1-17-11-14-10-13-9-7(6-16(10)15-11)4-2-3-5-8(9)12/h8H,2-6H2,1H3,(H,13,14,15). The first-order valence-corrected chi connectivity index (χ1v) is 7.55. The number of thioether (sulfide) groups is 1. The Kier molecular flexibility index (Phi) is 3.04. The highest BCUT2D eigenvalue weighted by Crippen LogP contribution is 2.32. The molecule has 0 aromatic heterocycles. The zero-order valence-corrected chi connectivity index (χ0v) is 11.3. The Labute approximate surface area is 110 Å². The van der Waals surface area contributed by atoms with Crippen LogP contribution in [0.4, 0.5) is 0 Å². The van der Waals surface area contributed by atoms with E-state index in [1.165, 1.54) is 18.4 Å². The van der Waals surface area contributed by atoms with Gasteiger partial charge in [0.1, 0.15) is 0 Å². The van der Waals surface area contributed by atoms with E-state index in [2.05, 4.69) is 15.4 Å². The maximum Gasteiger partial charge on any atom is 0.247 e. The molecular weight excluding hydrogens is 256 g/mol. The zero-order valence-electron chi connectivity index (χ0n) is 9.74. The molecule has 0 saturated carbocycles. The summed E-state index contributed by atoms with van der Waals surface area (Å²) in [5.74, 6) is 0.764. The van der Waals surface area contributed by atoms with E-state index in [1.807, 2.05) is 11.3 Å². The van der Waals surface area contributed by atoms with Gasteiger partial charge >= 0.3 is 0 Å². The molecule has 0 radical (unpaired) electrons. The summed E-state index contributed by atoms with van der Waals surface area (Å²) in [4.78, 5) is 9.07. The van der Waals surface area contributed by atoms with Gasteiger partial charge in [-0.25, -0.2) is 10.0 Å². The molecule has 0 aromatic rings. The molecule has 2 heterocycles. The number of nitrogens with zero attached hydrogens (tertiary/aromatic N) is 3. The Balaban J connectivity index is 1.92. The van der Waals surface area contributed by atoms with Crippen LogP contribution in [0.25, 0.3) is 0 Å². The smallest absolute Gasteiger partial charge is 0.247 e. The second-order valence-corrected chi connectivity index (χ2v) is 5.75. The fourth-order valence-electron chi connectivity index (χ4n) is 2.38. The molecule has 17 heavy (non-hydrogen) atoms. The van der Waals surface area contributed by atoms with Gasteiger partial charge in [0.25, 0.3) is 0 Å². The Morgan fingerprint density at radius 1 is 1.41 bits per heavy atom. The van der Waals surface area contributed by atoms with Crippen LogP contribution in [0, 0.1) is 0 Å². The molecule has 0 saturated heterocycles. The number of hydrogen-bond acceptors (Lipinski definition) is 5. The van der Waals surface area contributed by atoms with Crippen molar-refractivity contribution in [1.29, 1.82) is 0 Å². The molecule has 3 rings (SSSR count). The highest BCUT2D eigenvalue weighted by atomic mass is 35.5.